The molecule has 0 unspecified atom stereocenters. The number of hydrogen-bond donors (Lipinski definition) is 1. The second-order valence-electron chi connectivity index (χ2n) is 4.10. The van der Waals surface area contributed by atoms with Gasteiger partial charge >= 0.3 is 0 Å². The van der Waals surface area contributed by atoms with Gasteiger partial charge in [-0.2, -0.15) is 0 Å². The Morgan fingerprint density at radius 3 is 2.89 bits per heavy atom. The Kier molecular flexibility index (Phi) is 3.52. The number of aromatic nitrogens is 4. The van der Waals surface area contributed by atoms with E-state index in [-0.39, 0.29) is 0 Å². The molecule has 0 bridgehead atoms. The number of nitrogens with zero attached hydrogens (tertiary/aromatic N) is 4. The van der Waals surface area contributed by atoms with Crippen molar-refractivity contribution in [2.75, 3.05) is 0 Å². The van der Waals surface area contributed by atoms with Crippen LogP contribution in [0.25, 0.3) is 5.65 Å². The fourth-order valence-corrected chi connectivity index (χ4v) is 2.24. The first-order valence-electron chi connectivity index (χ1n) is 5.94. The third-order valence-electron chi connectivity index (χ3n) is 2.75. The van der Waals surface area contributed by atoms with E-state index in [4.69, 9.17) is 0 Å². The minimum Gasteiger partial charge on any atom is -0.304 e. The van der Waals surface area contributed by atoms with Crippen LogP contribution in [0.15, 0.2) is 47.2 Å². The first-order valence-corrected chi connectivity index (χ1v) is 6.73. The number of hydrogen-bond acceptors (Lipinski definition) is 4. The van der Waals surface area contributed by atoms with Crippen molar-refractivity contribution in [1.82, 2.24) is 24.9 Å². The van der Waals surface area contributed by atoms with Gasteiger partial charge in [0.1, 0.15) is 4.60 Å². The highest BCUT2D eigenvalue weighted by molar-refractivity contribution is 9.10. The van der Waals surface area contributed by atoms with Gasteiger partial charge in [0.2, 0.25) is 0 Å². The summed E-state index contributed by atoms with van der Waals surface area (Å²) in [6, 6.07) is 11.7. The average Bonchev–Trinajstić information content (AvgIpc) is 2.83. The number of halogens is 1. The standard InChI is InChI=1S/C13H12BrN5/c14-11-5-3-4-10(16-11)8-15-9-13-18-17-12-6-1-2-7-19(12)13/h1-7,15H,8-9H2. The molecule has 3 rings (SSSR count). The average molecular weight is 318 g/mol. The van der Waals surface area contributed by atoms with Crippen LogP contribution in [0.4, 0.5) is 0 Å². The summed E-state index contributed by atoms with van der Waals surface area (Å²) in [7, 11) is 0. The highest BCUT2D eigenvalue weighted by Gasteiger charge is 2.03. The van der Waals surface area contributed by atoms with Gasteiger partial charge in [-0.05, 0) is 40.2 Å². The van der Waals surface area contributed by atoms with E-state index in [1.54, 1.807) is 0 Å². The molecule has 96 valence electrons. The lowest BCUT2D eigenvalue weighted by Crippen LogP contribution is -2.15. The zero-order valence-corrected chi connectivity index (χ0v) is 11.7. The topological polar surface area (TPSA) is 55.1 Å². The maximum Gasteiger partial charge on any atom is 0.160 e. The maximum absolute atomic E-state index is 4.37. The van der Waals surface area contributed by atoms with E-state index in [0.29, 0.717) is 13.1 Å². The van der Waals surface area contributed by atoms with E-state index in [0.717, 1.165) is 21.8 Å². The highest BCUT2D eigenvalue weighted by Crippen LogP contribution is 2.06. The first kappa shape index (κ1) is 12.3. The van der Waals surface area contributed by atoms with E-state index in [1.165, 1.54) is 0 Å². The summed E-state index contributed by atoms with van der Waals surface area (Å²) in [5.41, 5.74) is 1.85. The molecule has 1 N–H and O–H groups in total. The lowest BCUT2D eigenvalue weighted by atomic mass is 10.3. The van der Waals surface area contributed by atoms with Crippen molar-refractivity contribution in [1.29, 1.82) is 0 Å². The normalized spacial score (nSPS) is 11.0. The first-order chi connectivity index (χ1) is 9.33. The number of fused-ring (bicyclic) bond motifs is 1. The molecule has 0 saturated carbocycles. The summed E-state index contributed by atoms with van der Waals surface area (Å²) in [5.74, 6) is 0.894. The van der Waals surface area contributed by atoms with Gasteiger partial charge in [-0.25, -0.2) is 4.98 Å². The highest BCUT2D eigenvalue weighted by atomic mass is 79.9. The van der Waals surface area contributed by atoms with Gasteiger partial charge in [0.25, 0.3) is 0 Å². The Morgan fingerprint density at radius 2 is 2.00 bits per heavy atom. The molecule has 0 aliphatic heterocycles. The van der Waals surface area contributed by atoms with Gasteiger partial charge in [0.05, 0.1) is 12.2 Å². The molecule has 0 aromatic carbocycles. The molecule has 3 heterocycles. The molecule has 5 nitrogen and oxygen atoms in total. The van der Waals surface area contributed by atoms with Crippen LogP contribution >= 0.6 is 15.9 Å². The Bertz CT molecular complexity index is 694. The fourth-order valence-electron chi connectivity index (χ4n) is 1.86. The van der Waals surface area contributed by atoms with Crippen molar-refractivity contribution >= 4 is 21.6 Å². The molecule has 0 atom stereocenters. The molecule has 0 saturated heterocycles. The maximum atomic E-state index is 4.37. The molecule has 0 fully saturated rings. The van der Waals surface area contributed by atoms with Crippen molar-refractivity contribution < 1.29 is 0 Å². The quantitative estimate of drug-likeness (QED) is 0.749. The fraction of sp³-hybridized carbons (Fsp3) is 0.154. The molecule has 3 aromatic heterocycles. The third-order valence-corrected chi connectivity index (χ3v) is 3.19. The Hall–Kier alpha value is -1.79. The monoisotopic (exact) mass is 317 g/mol. The Morgan fingerprint density at radius 1 is 1.05 bits per heavy atom. The van der Waals surface area contributed by atoms with Gasteiger partial charge in [0, 0.05) is 12.7 Å². The van der Waals surface area contributed by atoms with Gasteiger partial charge in [-0.1, -0.05) is 12.1 Å². The van der Waals surface area contributed by atoms with E-state index >= 15 is 0 Å². The van der Waals surface area contributed by atoms with Crippen LogP contribution in [0.1, 0.15) is 11.5 Å². The molecule has 3 aromatic rings. The van der Waals surface area contributed by atoms with Gasteiger partial charge in [-0.3, -0.25) is 4.40 Å². The van der Waals surface area contributed by atoms with Crippen LogP contribution in [-0.4, -0.2) is 19.6 Å². The van der Waals surface area contributed by atoms with Crippen molar-refractivity contribution in [2.45, 2.75) is 13.1 Å². The minimum atomic E-state index is 0.652. The van der Waals surface area contributed by atoms with Crippen LogP contribution < -0.4 is 5.32 Å². The Balaban J connectivity index is 1.66. The molecule has 0 amide bonds. The summed E-state index contributed by atoms with van der Waals surface area (Å²) in [6.07, 6.45) is 1.96. The SMILES string of the molecule is Brc1cccc(CNCc2nnc3ccccn23)n1. The summed E-state index contributed by atoms with van der Waals surface area (Å²) in [4.78, 5) is 4.37. The van der Waals surface area contributed by atoms with Crippen molar-refractivity contribution in [3.05, 3.63) is 58.7 Å². The number of pyridine rings is 2. The summed E-state index contributed by atoms with van der Waals surface area (Å²) in [5, 5.41) is 11.6. The van der Waals surface area contributed by atoms with Gasteiger partial charge in [-0.15, -0.1) is 10.2 Å². The predicted molar refractivity (Wildman–Crippen MR) is 75.5 cm³/mol. The third kappa shape index (κ3) is 2.80. The van der Waals surface area contributed by atoms with E-state index < -0.39 is 0 Å². The lowest BCUT2D eigenvalue weighted by molar-refractivity contribution is 0.646. The van der Waals surface area contributed by atoms with Crippen molar-refractivity contribution in [3.63, 3.8) is 0 Å². The molecule has 0 aliphatic carbocycles. The van der Waals surface area contributed by atoms with E-state index in [9.17, 15) is 0 Å². The number of rotatable bonds is 4. The predicted octanol–water partition coefficient (Wildman–Crippen LogP) is 2.18. The van der Waals surface area contributed by atoms with Crippen LogP contribution in [-0.2, 0) is 13.1 Å². The van der Waals surface area contributed by atoms with Crippen LogP contribution in [0.5, 0.6) is 0 Å². The summed E-state index contributed by atoms with van der Waals surface area (Å²) in [6.45, 7) is 1.35. The molecule has 0 spiro atoms. The molecular weight excluding hydrogens is 306 g/mol. The summed E-state index contributed by atoms with van der Waals surface area (Å²) >= 11 is 3.36. The van der Waals surface area contributed by atoms with E-state index in [2.05, 4.69) is 36.4 Å². The lowest BCUT2D eigenvalue weighted by Gasteiger charge is -2.03. The zero-order chi connectivity index (χ0) is 13.1. The van der Waals surface area contributed by atoms with Crippen molar-refractivity contribution in [2.24, 2.45) is 0 Å². The Labute approximate surface area is 118 Å². The van der Waals surface area contributed by atoms with Crippen molar-refractivity contribution in [3.8, 4) is 0 Å². The van der Waals surface area contributed by atoms with Crippen LogP contribution in [0.2, 0.25) is 0 Å². The zero-order valence-electron chi connectivity index (χ0n) is 10.1. The van der Waals surface area contributed by atoms with E-state index in [1.807, 2.05) is 47.0 Å². The molecule has 0 aliphatic rings. The summed E-state index contributed by atoms with van der Waals surface area (Å²) < 4.78 is 2.82. The van der Waals surface area contributed by atoms with Gasteiger partial charge in [0.15, 0.2) is 11.5 Å². The second kappa shape index (κ2) is 5.46. The minimum absolute atomic E-state index is 0.652. The van der Waals surface area contributed by atoms with Crippen LogP contribution in [0, 0.1) is 0 Å². The van der Waals surface area contributed by atoms with Crippen LogP contribution in [0.3, 0.4) is 0 Å². The van der Waals surface area contributed by atoms with Gasteiger partial charge < -0.3 is 5.32 Å². The number of nitrogens with one attached hydrogen (secondary N) is 1. The second-order valence-corrected chi connectivity index (χ2v) is 4.91. The molecule has 6 heteroatoms. The largest absolute Gasteiger partial charge is 0.304 e. The molecular formula is C13H12BrN5. The molecule has 19 heavy (non-hydrogen) atoms. The smallest absolute Gasteiger partial charge is 0.160 e. The molecule has 0 radical (unpaired) electrons.